The molecule has 5 heteroatoms. The second kappa shape index (κ2) is 5.74. The van der Waals surface area contributed by atoms with Gasteiger partial charge in [0.1, 0.15) is 0 Å². The minimum absolute atomic E-state index is 0.298. The van der Waals surface area contributed by atoms with Crippen molar-refractivity contribution in [2.75, 3.05) is 14.2 Å². The van der Waals surface area contributed by atoms with Crippen molar-refractivity contribution in [2.45, 2.75) is 44.3 Å². The summed E-state index contributed by atoms with van der Waals surface area (Å²) in [7, 11) is 3.37. The van der Waals surface area contributed by atoms with Crippen molar-refractivity contribution in [3.05, 3.63) is 12.4 Å². The number of likely N-dealkylation sites (N-methyl/N-ethyl adjacent to an activating group) is 1. The molecule has 1 heterocycles. The lowest BCUT2D eigenvalue weighted by molar-refractivity contribution is -0.152. The Kier molecular flexibility index (Phi) is 4.24. The molecule has 0 radical (unpaired) electrons. The SMILES string of the molecule is COC(=O)C1(N(C)C(C)C2CCCC2)C=NC=CN1. The average molecular weight is 265 g/mol. The summed E-state index contributed by atoms with van der Waals surface area (Å²) in [5, 5.41) is 3.11. The van der Waals surface area contributed by atoms with Crippen LogP contribution in [-0.4, -0.2) is 42.9 Å². The van der Waals surface area contributed by atoms with E-state index in [2.05, 4.69) is 17.2 Å². The number of hydrogen-bond acceptors (Lipinski definition) is 5. The highest BCUT2D eigenvalue weighted by atomic mass is 16.5. The predicted molar refractivity (Wildman–Crippen MR) is 74.7 cm³/mol. The van der Waals surface area contributed by atoms with Crippen LogP contribution in [-0.2, 0) is 9.53 Å². The molecule has 0 aromatic rings. The summed E-state index contributed by atoms with van der Waals surface area (Å²) < 4.78 is 4.96. The molecule has 0 saturated heterocycles. The normalized spacial score (nSPS) is 28.4. The lowest BCUT2D eigenvalue weighted by atomic mass is 9.95. The Balaban J connectivity index is 2.20. The number of nitrogens with zero attached hydrogens (tertiary/aromatic N) is 2. The summed E-state index contributed by atoms with van der Waals surface area (Å²) in [4.78, 5) is 18.4. The predicted octanol–water partition coefficient (Wildman–Crippen LogP) is 1.51. The van der Waals surface area contributed by atoms with Crippen LogP contribution in [0.3, 0.4) is 0 Å². The summed E-state index contributed by atoms with van der Waals surface area (Å²) in [5.41, 5.74) is -0.981. The van der Waals surface area contributed by atoms with Gasteiger partial charge in [-0.1, -0.05) is 12.8 Å². The third-order valence-corrected chi connectivity index (χ3v) is 4.47. The van der Waals surface area contributed by atoms with Crippen molar-refractivity contribution >= 4 is 12.2 Å². The molecule has 0 amide bonds. The first-order valence-corrected chi connectivity index (χ1v) is 6.90. The Morgan fingerprint density at radius 1 is 1.53 bits per heavy atom. The smallest absolute Gasteiger partial charge is 0.352 e. The lowest BCUT2D eigenvalue weighted by Gasteiger charge is -2.42. The number of rotatable bonds is 4. The van der Waals surface area contributed by atoms with Crippen LogP contribution in [0.2, 0.25) is 0 Å². The molecule has 0 bridgehead atoms. The largest absolute Gasteiger partial charge is 0.466 e. The van der Waals surface area contributed by atoms with Gasteiger partial charge < -0.3 is 10.1 Å². The highest BCUT2D eigenvalue weighted by Crippen LogP contribution is 2.32. The number of nitrogens with one attached hydrogen (secondary N) is 1. The van der Waals surface area contributed by atoms with Gasteiger partial charge in [-0.25, -0.2) is 4.79 Å². The van der Waals surface area contributed by atoms with Gasteiger partial charge in [0.05, 0.1) is 13.3 Å². The first-order chi connectivity index (χ1) is 9.12. The highest BCUT2D eigenvalue weighted by Gasteiger charge is 2.45. The summed E-state index contributed by atoms with van der Waals surface area (Å²) in [6.07, 6.45) is 9.99. The van der Waals surface area contributed by atoms with E-state index in [0.29, 0.717) is 12.0 Å². The zero-order chi connectivity index (χ0) is 13.9. The Hall–Kier alpha value is -1.36. The van der Waals surface area contributed by atoms with E-state index in [-0.39, 0.29) is 5.97 Å². The Bertz CT molecular complexity index is 388. The van der Waals surface area contributed by atoms with Crippen LogP contribution < -0.4 is 5.32 Å². The van der Waals surface area contributed by atoms with Crippen molar-refractivity contribution in [1.29, 1.82) is 0 Å². The van der Waals surface area contributed by atoms with Crippen molar-refractivity contribution in [3.63, 3.8) is 0 Å². The minimum Gasteiger partial charge on any atom is -0.466 e. The van der Waals surface area contributed by atoms with Crippen LogP contribution in [0.4, 0.5) is 0 Å². The van der Waals surface area contributed by atoms with Crippen LogP contribution in [0.15, 0.2) is 17.4 Å². The minimum atomic E-state index is -0.981. The zero-order valence-electron chi connectivity index (χ0n) is 11.9. The maximum Gasteiger partial charge on any atom is 0.352 e. The maximum atomic E-state index is 12.2. The fourth-order valence-corrected chi connectivity index (χ4v) is 3.08. The molecule has 2 rings (SSSR count). The molecule has 2 atom stereocenters. The quantitative estimate of drug-likeness (QED) is 0.783. The average Bonchev–Trinajstić information content (AvgIpc) is 2.99. The van der Waals surface area contributed by atoms with Crippen LogP contribution in [0.1, 0.15) is 32.6 Å². The molecule has 2 unspecified atom stereocenters. The molecule has 0 aromatic heterocycles. The number of ether oxygens (including phenoxy) is 1. The molecule has 1 N–H and O–H groups in total. The number of aliphatic imine (C=N–C) groups is 1. The first kappa shape index (κ1) is 14.1. The molecule has 1 aliphatic heterocycles. The maximum absolute atomic E-state index is 12.2. The number of hydrogen-bond donors (Lipinski definition) is 1. The van der Waals surface area contributed by atoms with Crippen LogP contribution >= 0.6 is 0 Å². The monoisotopic (exact) mass is 265 g/mol. The van der Waals surface area contributed by atoms with E-state index < -0.39 is 5.66 Å². The molecule has 1 fully saturated rings. The molecule has 0 aromatic carbocycles. The van der Waals surface area contributed by atoms with Gasteiger partial charge in [0.25, 0.3) is 0 Å². The molecule has 5 nitrogen and oxygen atoms in total. The molecular formula is C14H23N3O2. The Labute approximate surface area is 114 Å². The fourth-order valence-electron chi connectivity index (χ4n) is 3.08. The third kappa shape index (κ3) is 2.52. The van der Waals surface area contributed by atoms with Gasteiger partial charge in [0.2, 0.25) is 5.66 Å². The number of carbonyl (C=O) groups is 1. The van der Waals surface area contributed by atoms with Gasteiger partial charge in [0, 0.05) is 18.4 Å². The molecule has 0 spiro atoms. The van der Waals surface area contributed by atoms with E-state index in [1.807, 2.05) is 11.9 Å². The van der Waals surface area contributed by atoms with Gasteiger partial charge in [-0.15, -0.1) is 0 Å². The van der Waals surface area contributed by atoms with E-state index in [4.69, 9.17) is 4.74 Å². The van der Waals surface area contributed by atoms with E-state index in [0.717, 1.165) is 0 Å². The third-order valence-electron chi connectivity index (χ3n) is 4.47. The summed E-state index contributed by atoms with van der Waals surface area (Å²) >= 11 is 0. The van der Waals surface area contributed by atoms with Crippen molar-refractivity contribution in [1.82, 2.24) is 10.2 Å². The molecule has 2 aliphatic rings. The molecule has 1 saturated carbocycles. The topological polar surface area (TPSA) is 53.9 Å². The van der Waals surface area contributed by atoms with Gasteiger partial charge in [-0.05, 0) is 32.7 Å². The van der Waals surface area contributed by atoms with Crippen LogP contribution in [0.5, 0.6) is 0 Å². The molecule has 106 valence electrons. The van der Waals surface area contributed by atoms with Gasteiger partial charge in [0.15, 0.2) is 0 Å². The van der Waals surface area contributed by atoms with Crippen LogP contribution in [0.25, 0.3) is 0 Å². The molecule has 1 aliphatic carbocycles. The van der Waals surface area contributed by atoms with E-state index in [9.17, 15) is 4.79 Å². The summed E-state index contributed by atoms with van der Waals surface area (Å²) in [6.45, 7) is 2.18. The molecule has 19 heavy (non-hydrogen) atoms. The van der Waals surface area contributed by atoms with Gasteiger partial charge >= 0.3 is 5.97 Å². The van der Waals surface area contributed by atoms with Gasteiger partial charge in [-0.3, -0.25) is 9.89 Å². The second-order valence-electron chi connectivity index (χ2n) is 5.39. The van der Waals surface area contributed by atoms with E-state index >= 15 is 0 Å². The zero-order valence-corrected chi connectivity index (χ0v) is 11.9. The van der Waals surface area contributed by atoms with Crippen LogP contribution in [0, 0.1) is 5.92 Å². The highest BCUT2D eigenvalue weighted by molar-refractivity contribution is 6.00. The van der Waals surface area contributed by atoms with E-state index in [1.54, 1.807) is 18.6 Å². The van der Waals surface area contributed by atoms with Crippen molar-refractivity contribution < 1.29 is 9.53 Å². The first-order valence-electron chi connectivity index (χ1n) is 6.90. The van der Waals surface area contributed by atoms with Crippen molar-refractivity contribution in [3.8, 4) is 0 Å². The summed E-state index contributed by atoms with van der Waals surface area (Å²) in [5.74, 6) is 0.306. The fraction of sp³-hybridized carbons (Fsp3) is 0.714. The Morgan fingerprint density at radius 2 is 2.21 bits per heavy atom. The number of methoxy groups -OCH3 is 1. The molecular weight excluding hydrogens is 242 g/mol. The number of carbonyl (C=O) groups excluding carboxylic acids is 1. The summed E-state index contributed by atoms with van der Waals surface area (Å²) in [6, 6.07) is 0.298. The lowest BCUT2D eigenvalue weighted by Crippen LogP contribution is -2.66. The number of esters is 1. The standard InChI is InChI=1S/C14H23N3O2/c1-11(12-6-4-5-7-12)17(2)14(13(18)19-3)10-15-8-9-16-14/h8-12,16H,4-7H2,1-3H3. The second-order valence-corrected chi connectivity index (χ2v) is 5.39. The van der Waals surface area contributed by atoms with Crippen molar-refractivity contribution in [2.24, 2.45) is 10.9 Å². The van der Waals surface area contributed by atoms with Gasteiger partial charge in [-0.2, -0.15) is 0 Å². The Morgan fingerprint density at radius 3 is 2.74 bits per heavy atom. The van der Waals surface area contributed by atoms with E-state index in [1.165, 1.54) is 32.8 Å².